The molecule has 4 nitrogen and oxygen atoms in total. The number of nitrogens with one attached hydrogen (secondary N) is 2. The molecule has 0 bridgehead atoms. The first kappa shape index (κ1) is 18.0. The number of hydrogen-bond donors (Lipinski definition) is 2. The Labute approximate surface area is 163 Å². The summed E-state index contributed by atoms with van der Waals surface area (Å²) in [4.78, 5) is 9.28. The Morgan fingerprint density at radius 3 is 2.67 bits per heavy atom. The van der Waals surface area contributed by atoms with Crippen LogP contribution in [0.2, 0.25) is 5.02 Å². The van der Waals surface area contributed by atoms with Gasteiger partial charge in [0.1, 0.15) is 11.6 Å². The van der Waals surface area contributed by atoms with Gasteiger partial charge in [0.05, 0.1) is 10.5 Å². The molecule has 0 saturated heterocycles. The van der Waals surface area contributed by atoms with E-state index in [0.717, 1.165) is 16.7 Å². The maximum atomic E-state index is 13.4. The first-order valence-corrected chi connectivity index (χ1v) is 9.73. The first-order chi connectivity index (χ1) is 13.1. The van der Waals surface area contributed by atoms with Crippen LogP contribution in [-0.4, -0.2) is 16.0 Å². The Bertz CT molecular complexity index is 956. The zero-order valence-corrected chi connectivity index (χ0v) is 15.9. The number of halogens is 2. The maximum absolute atomic E-state index is 13.4. The zero-order valence-electron chi connectivity index (χ0n) is 15.2. The molecule has 1 saturated carbocycles. The molecule has 0 amide bonds. The SMILES string of the molecule is C[C@@H](Nc1nc(Nc2ccc(F)c(Cl)c2)nc2ccccc12)C1CCCC1. The van der Waals surface area contributed by atoms with Gasteiger partial charge >= 0.3 is 0 Å². The van der Waals surface area contributed by atoms with Crippen LogP contribution in [-0.2, 0) is 0 Å². The number of aromatic nitrogens is 2. The van der Waals surface area contributed by atoms with E-state index < -0.39 is 5.82 Å². The summed E-state index contributed by atoms with van der Waals surface area (Å²) in [6, 6.07) is 12.8. The van der Waals surface area contributed by atoms with E-state index in [9.17, 15) is 4.39 Å². The van der Waals surface area contributed by atoms with Crippen LogP contribution in [0.25, 0.3) is 10.9 Å². The molecule has 27 heavy (non-hydrogen) atoms. The number of hydrogen-bond acceptors (Lipinski definition) is 4. The average molecular weight is 385 g/mol. The van der Waals surface area contributed by atoms with Crippen molar-refractivity contribution in [2.75, 3.05) is 10.6 Å². The molecule has 2 N–H and O–H groups in total. The van der Waals surface area contributed by atoms with E-state index in [4.69, 9.17) is 11.6 Å². The molecular formula is C21H22ClFN4. The predicted octanol–water partition coefficient (Wildman–Crippen LogP) is 6.16. The molecule has 3 aromatic rings. The topological polar surface area (TPSA) is 49.8 Å². The van der Waals surface area contributed by atoms with Gasteiger partial charge in [0.25, 0.3) is 0 Å². The summed E-state index contributed by atoms with van der Waals surface area (Å²) >= 11 is 5.88. The molecule has 1 atom stereocenters. The molecule has 4 rings (SSSR count). The van der Waals surface area contributed by atoms with Gasteiger partial charge in [-0.3, -0.25) is 0 Å². The van der Waals surface area contributed by atoms with Gasteiger partial charge in [0.15, 0.2) is 0 Å². The average Bonchev–Trinajstić information content (AvgIpc) is 3.20. The van der Waals surface area contributed by atoms with Gasteiger partial charge in [-0.25, -0.2) is 9.37 Å². The standard InChI is InChI=1S/C21H22ClFN4/c1-13(14-6-2-3-7-14)24-20-16-8-4-5-9-19(16)26-21(27-20)25-15-10-11-18(23)17(22)12-15/h4-5,8-14H,2-3,6-7H2,1H3,(H2,24,25,26,27)/t13-/m1/s1. The second kappa shape index (κ2) is 7.69. The largest absolute Gasteiger partial charge is 0.367 e. The van der Waals surface area contributed by atoms with Crippen molar-refractivity contribution >= 4 is 40.0 Å². The van der Waals surface area contributed by atoms with E-state index in [1.54, 1.807) is 6.07 Å². The molecule has 1 fully saturated rings. The number of anilines is 3. The molecule has 0 unspecified atom stereocenters. The fourth-order valence-corrected chi connectivity index (χ4v) is 3.92. The molecule has 0 radical (unpaired) electrons. The Morgan fingerprint density at radius 2 is 1.89 bits per heavy atom. The molecule has 1 aliphatic rings. The normalized spacial score (nSPS) is 15.8. The van der Waals surface area contributed by atoms with Gasteiger partial charge in [-0.2, -0.15) is 4.98 Å². The Hall–Kier alpha value is -2.40. The van der Waals surface area contributed by atoms with Gasteiger partial charge in [-0.1, -0.05) is 36.6 Å². The third-order valence-electron chi connectivity index (χ3n) is 5.25. The number of fused-ring (bicyclic) bond motifs is 1. The molecule has 140 valence electrons. The van der Waals surface area contributed by atoms with Gasteiger partial charge in [-0.15, -0.1) is 0 Å². The lowest BCUT2D eigenvalue weighted by Gasteiger charge is -2.22. The van der Waals surface area contributed by atoms with Crippen molar-refractivity contribution in [1.82, 2.24) is 9.97 Å². The molecule has 1 aromatic heterocycles. The van der Waals surface area contributed by atoms with Gasteiger partial charge in [-0.05, 0) is 56.0 Å². The lowest BCUT2D eigenvalue weighted by molar-refractivity contribution is 0.481. The number of benzene rings is 2. The highest BCUT2D eigenvalue weighted by atomic mass is 35.5. The summed E-state index contributed by atoms with van der Waals surface area (Å²) in [5.41, 5.74) is 1.50. The van der Waals surface area contributed by atoms with Crippen molar-refractivity contribution in [3.63, 3.8) is 0 Å². The first-order valence-electron chi connectivity index (χ1n) is 9.35. The molecule has 6 heteroatoms. The number of rotatable bonds is 5. The summed E-state index contributed by atoms with van der Waals surface area (Å²) in [5.74, 6) is 1.49. The number of para-hydroxylation sites is 1. The monoisotopic (exact) mass is 384 g/mol. The fraction of sp³-hybridized carbons (Fsp3) is 0.333. The van der Waals surface area contributed by atoms with Crippen molar-refractivity contribution in [3.8, 4) is 0 Å². The van der Waals surface area contributed by atoms with Crippen LogP contribution in [0.3, 0.4) is 0 Å². The van der Waals surface area contributed by atoms with E-state index >= 15 is 0 Å². The Balaban J connectivity index is 1.66. The van der Waals surface area contributed by atoms with Crippen molar-refractivity contribution in [3.05, 3.63) is 53.3 Å². The van der Waals surface area contributed by atoms with Crippen LogP contribution < -0.4 is 10.6 Å². The highest BCUT2D eigenvalue weighted by Crippen LogP contribution is 2.31. The molecule has 0 spiro atoms. The van der Waals surface area contributed by atoms with Crippen LogP contribution in [0.1, 0.15) is 32.6 Å². The summed E-state index contributed by atoms with van der Waals surface area (Å²) in [7, 11) is 0. The minimum Gasteiger partial charge on any atom is -0.367 e. The maximum Gasteiger partial charge on any atom is 0.229 e. The van der Waals surface area contributed by atoms with Crippen molar-refractivity contribution in [2.45, 2.75) is 38.6 Å². The second-order valence-corrected chi connectivity index (χ2v) is 7.55. The van der Waals surface area contributed by atoms with E-state index in [1.807, 2.05) is 24.3 Å². The smallest absolute Gasteiger partial charge is 0.229 e. The predicted molar refractivity (Wildman–Crippen MR) is 109 cm³/mol. The van der Waals surface area contributed by atoms with Crippen LogP contribution >= 0.6 is 11.6 Å². The molecule has 2 aromatic carbocycles. The summed E-state index contributed by atoms with van der Waals surface area (Å²) in [5, 5.41) is 7.78. The van der Waals surface area contributed by atoms with E-state index in [-0.39, 0.29) is 5.02 Å². The molecule has 1 heterocycles. The quantitative estimate of drug-likeness (QED) is 0.553. The van der Waals surface area contributed by atoms with Crippen LogP contribution in [0.4, 0.5) is 21.8 Å². The third-order valence-corrected chi connectivity index (χ3v) is 5.54. The highest BCUT2D eigenvalue weighted by molar-refractivity contribution is 6.31. The van der Waals surface area contributed by atoms with Crippen LogP contribution in [0.5, 0.6) is 0 Å². The Kier molecular flexibility index (Phi) is 5.12. The highest BCUT2D eigenvalue weighted by Gasteiger charge is 2.22. The molecule has 1 aliphatic carbocycles. The summed E-state index contributed by atoms with van der Waals surface area (Å²) < 4.78 is 13.4. The van der Waals surface area contributed by atoms with Crippen molar-refractivity contribution in [1.29, 1.82) is 0 Å². The Morgan fingerprint density at radius 1 is 1.11 bits per heavy atom. The minimum absolute atomic E-state index is 0.0639. The van der Waals surface area contributed by atoms with Gasteiger partial charge in [0.2, 0.25) is 5.95 Å². The van der Waals surface area contributed by atoms with Gasteiger partial charge in [0, 0.05) is 17.1 Å². The third kappa shape index (κ3) is 3.98. The minimum atomic E-state index is -0.450. The van der Waals surface area contributed by atoms with E-state index in [1.165, 1.54) is 37.8 Å². The second-order valence-electron chi connectivity index (χ2n) is 7.14. The zero-order chi connectivity index (χ0) is 18.8. The van der Waals surface area contributed by atoms with E-state index in [2.05, 4.69) is 27.5 Å². The van der Waals surface area contributed by atoms with Crippen molar-refractivity contribution < 1.29 is 4.39 Å². The molecule has 0 aliphatic heterocycles. The van der Waals surface area contributed by atoms with Crippen molar-refractivity contribution in [2.24, 2.45) is 5.92 Å². The number of nitrogens with zero attached hydrogens (tertiary/aromatic N) is 2. The van der Waals surface area contributed by atoms with Gasteiger partial charge < -0.3 is 10.6 Å². The fourth-order valence-electron chi connectivity index (χ4n) is 3.74. The van der Waals surface area contributed by atoms with Crippen LogP contribution in [0, 0.1) is 11.7 Å². The van der Waals surface area contributed by atoms with E-state index in [0.29, 0.717) is 23.6 Å². The lowest BCUT2D eigenvalue weighted by Crippen LogP contribution is -2.24. The van der Waals surface area contributed by atoms with Crippen LogP contribution in [0.15, 0.2) is 42.5 Å². The summed E-state index contributed by atoms with van der Waals surface area (Å²) in [6.45, 7) is 2.22. The molecular weight excluding hydrogens is 363 g/mol. The summed E-state index contributed by atoms with van der Waals surface area (Å²) in [6.07, 6.45) is 5.13. The lowest BCUT2D eigenvalue weighted by atomic mass is 10.00.